The van der Waals surface area contributed by atoms with E-state index in [1.807, 2.05) is 0 Å². The first kappa shape index (κ1) is 18.9. The molecule has 4 N–H and O–H groups in total. The van der Waals surface area contributed by atoms with Crippen LogP contribution in [0.25, 0.3) is 10.8 Å². The van der Waals surface area contributed by atoms with Crippen LogP contribution in [0.1, 0.15) is 0 Å². The third kappa shape index (κ3) is 3.80. The van der Waals surface area contributed by atoms with Gasteiger partial charge in [-0.1, -0.05) is 36.4 Å². The molecule has 11 heteroatoms. The van der Waals surface area contributed by atoms with Crippen molar-refractivity contribution in [1.29, 1.82) is 0 Å². The van der Waals surface area contributed by atoms with E-state index < -0.39 is 30.0 Å². The van der Waals surface area contributed by atoms with Crippen molar-refractivity contribution in [3.05, 3.63) is 54.6 Å². The molecule has 0 aliphatic rings. The molecular weight excluding hydrogens is 394 g/mol. The van der Waals surface area contributed by atoms with Crippen molar-refractivity contribution < 1.29 is 25.9 Å². The maximum atomic E-state index is 11.7. The first-order valence-electron chi connectivity index (χ1n) is 7.36. The van der Waals surface area contributed by atoms with Gasteiger partial charge in [0.1, 0.15) is 21.2 Å². The van der Waals surface area contributed by atoms with Crippen molar-refractivity contribution >= 4 is 48.1 Å². The third-order valence-electron chi connectivity index (χ3n) is 3.71. The number of fused-ring (bicyclic) bond motifs is 1. The Labute approximate surface area is 154 Å². The summed E-state index contributed by atoms with van der Waals surface area (Å²) in [5.74, 6) is 0. The minimum atomic E-state index is -4.58. The molecule has 0 fully saturated rings. The maximum Gasteiger partial charge on any atom is 0.296 e. The molecule has 0 amide bonds. The minimum Gasteiger partial charge on any atom is -0.396 e. The van der Waals surface area contributed by atoms with Gasteiger partial charge in [0, 0.05) is 10.8 Å². The van der Waals surface area contributed by atoms with Gasteiger partial charge in [0.15, 0.2) is 0 Å². The number of azo groups is 1. The maximum absolute atomic E-state index is 11.7. The Hall–Kier alpha value is -2.86. The molecular formula is C16H13N3O6S2. The zero-order valence-electron chi connectivity index (χ0n) is 13.5. The topological polar surface area (TPSA) is 159 Å². The van der Waals surface area contributed by atoms with E-state index >= 15 is 0 Å². The van der Waals surface area contributed by atoms with Crippen LogP contribution >= 0.6 is 0 Å². The lowest BCUT2D eigenvalue weighted by Crippen LogP contribution is -2.01. The van der Waals surface area contributed by atoms with Crippen molar-refractivity contribution in [3.8, 4) is 0 Å². The Morgan fingerprint density at radius 3 is 1.85 bits per heavy atom. The number of nitrogens with two attached hydrogens (primary N) is 1. The molecule has 0 aliphatic heterocycles. The Morgan fingerprint density at radius 1 is 0.704 bits per heavy atom. The van der Waals surface area contributed by atoms with Crippen LogP contribution in [-0.4, -0.2) is 25.9 Å². The largest absolute Gasteiger partial charge is 0.396 e. The Balaban J connectivity index is 2.23. The summed E-state index contributed by atoms with van der Waals surface area (Å²) in [5, 5.41) is 8.11. The van der Waals surface area contributed by atoms with E-state index in [2.05, 4.69) is 10.2 Å². The van der Waals surface area contributed by atoms with E-state index in [0.717, 1.165) is 12.1 Å². The number of hydrogen-bond acceptors (Lipinski definition) is 7. The van der Waals surface area contributed by atoms with Gasteiger partial charge in [-0.05, 0) is 18.2 Å². The van der Waals surface area contributed by atoms with Gasteiger partial charge in [0.25, 0.3) is 20.2 Å². The van der Waals surface area contributed by atoms with Crippen LogP contribution in [-0.2, 0) is 20.2 Å². The number of rotatable bonds is 4. The number of hydrogen-bond donors (Lipinski definition) is 3. The molecule has 0 aromatic heterocycles. The zero-order valence-corrected chi connectivity index (χ0v) is 15.1. The standard InChI is InChI=1S/C16H13N3O6S2/c17-16-11-6-2-1-5-10(11)15(27(23,24)25)9-13(16)19-18-12-7-3-4-8-14(12)26(20,21)22/h1-9H,17H2,(H,20,21,22)(H,23,24,25). The van der Waals surface area contributed by atoms with Gasteiger partial charge in [0.05, 0.1) is 5.69 Å². The van der Waals surface area contributed by atoms with Crippen molar-refractivity contribution in [2.75, 3.05) is 5.73 Å². The molecule has 27 heavy (non-hydrogen) atoms. The van der Waals surface area contributed by atoms with E-state index in [4.69, 9.17) is 5.73 Å². The summed E-state index contributed by atoms with van der Waals surface area (Å²) in [4.78, 5) is -0.882. The van der Waals surface area contributed by atoms with Gasteiger partial charge in [-0.25, -0.2) is 0 Å². The van der Waals surface area contributed by atoms with Gasteiger partial charge >= 0.3 is 0 Å². The average molecular weight is 407 g/mol. The normalized spacial score (nSPS) is 12.7. The van der Waals surface area contributed by atoms with E-state index in [1.165, 1.54) is 24.3 Å². The van der Waals surface area contributed by atoms with Gasteiger partial charge in [-0.15, -0.1) is 10.2 Å². The molecule has 140 valence electrons. The fourth-order valence-corrected chi connectivity index (χ4v) is 3.85. The van der Waals surface area contributed by atoms with Crippen LogP contribution in [0.15, 0.2) is 74.6 Å². The smallest absolute Gasteiger partial charge is 0.296 e. The molecule has 0 radical (unpaired) electrons. The lowest BCUT2D eigenvalue weighted by atomic mass is 10.1. The van der Waals surface area contributed by atoms with Gasteiger partial charge in [-0.2, -0.15) is 16.8 Å². The molecule has 0 saturated carbocycles. The highest BCUT2D eigenvalue weighted by Gasteiger charge is 2.19. The van der Waals surface area contributed by atoms with Crippen LogP contribution in [0.2, 0.25) is 0 Å². The summed E-state index contributed by atoms with van der Waals surface area (Å²) < 4.78 is 65.0. The van der Waals surface area contributed by atoms with Crippen molar-refractivity contribution in [2.45, 2.75) is 9.79 Å². The van der Waals surface area contributed by atoms with Gasteiger partial charge in [0.2, 0.25) is 0 Å². The molecule has 9 nitrogen and oxygen atoms in total. The highest BCUT2D eigenvalue weighted by atomic mass is 32.2. The lowest BCUT2D eigenvalue weighted by Gasteiger charge is -2.09. The first-order chi connectivity index (χ1) is 12.6. The first-order valence-corrected chi connectivity index (χ1v) is 10.2. The molecule has 0 atom stereocenters. The molecule has 3 aromatic rings. The molecule has 0 heterocycles. The summed E-state index contributed by atoms with van der Waals surface area (Å²) in [7, 11) is -9.11. The molecule has 0 unspecified atom stereocenters. The summed E-state index contributed by atoms with van der Waals surface area (Å²) >= 11 is 0. The van der Waals surface area contributed by atoms with E-state index in [0.29, 0.717) is 5.39 Å². The SMILES string of the molecule is Nc1c(N=Nc2ccccc2S(=O)(=O)O)cc(S(=O)(=O)O)c2ccccc12. The number of nitrogens with zero attached hydrogens (tertiary/aromatic N) is 2. The predicted molar refractivity (Wildman–Crippen MR) is 98.6 cm³/mol. The molecule has 0 saturated heterocycles. The van der Waals surface area contributed by atoms with E-state index in [9.17, 15) is 25.9 Å². The van der Waals surface area contributed by atoms with Crippen LogP contribution < -0.4 is 5.73 Å². The fourth-order valence-electron chi connectivity index (χ4n) is 2.51. The molecule has 0 spiro atoms. The van der Waals surface area contributed by atoms with Crippen LogP contribution in [0.4, 0.5) is 17.1 Å². The number of nitrogen functional groups attached to an aromatic ring is 1. The number of anilines is 1. The second kappa shape index (κ2) is 6.70. The summed E-state index contributed by atoms with van der Waals surface area (Å²) in [5.41, 5.74) is 5.85. The van der Waals surface area contributed by atoms with Crippen LogP contribution in [0.3, 0.4) is 0 Å². The van der Waals surface area contributed by atoms with Crippen molar-refractivity contribution in [2.24, 2.45) is 10.2 Å². The summed E-state index contributed by atoms with van der Waals surface area (Å²) in [6, 6.07) is 12.6. The molecule has 0 bridgehead atoms. The van der Waals surface area contributed by atoms with Crippen molar-refractivity contribution in [1.82, 2.24) is 0 Å². The van der Waals surface area contributed by atoms with Crippen LogP contribution in [0.5, 0.6) is 0 Å². The van der Waals surface area contributed by atoms with E-state index in [1.54, 1.807) is 18.2 Å². The molecule has 3 rings (SSSR count). The molecule has 3 aromatic carbocycles. The second-order valence-electron chi connectivity index (χ2n) is 5.47. The third-order valence-corrected chi connectivity index (χ3v) is 5.51. The highest BCUT2D eigenvalue weighted by molar-refractivity contribution is 7.86. The van der Waals surface area contributed by atoms with Crippen LogP contribution in [0, 0.1) is 0 Å². The average Bonchev–Trinajstić information content (AvgIpc) is 2.60. The molecule has 0 aliphatic carbocycles. The predicted octanol–water partition coefficient (Wildman–Crippen LogP) is 3.33. The zero-order chi connectivity index (χ0) is 19.8. The number of benzene rings is 3. The van der Waals surface area contributed by atoms with Gasteiger partial charge in [-0.3, -0.25) is 9.11 Å². The lowest BCUT2D eigenvalue weighted by molar-refractivity contribution is 0.481. The fraction of sp³-hybridized carbons (Fsp3) is 0. The Bertz CT molecular complexity index is 1280. The summed E-state index contributed by atoms with van der Waals surface area (Å²) in [6.45, 7) is 0. The quantitative estimate of drug-likeness (QED) is 0.339. The van der Waals surface area contributed by atoms with Crippen molar-refractivity contribution in [3.63, 3.8) is 0 Å². The monoisotopic (exact) mass is 407 g/mol. The highest BCUT2D eigenvalue weighted by Crippen LogP contribution is 2.37. The Kier molecular flexibility index (Phi) is 4.70. The second-order valence-corrected chi connectivity index (χ2v) is 8.25. The van der Waals surface area contributed by atoms with Gasteiger partial charge < -0.3 is 5.73 Å². The minimum absolute atomic E-state index is 0.0890. The van der Waals surface area contributed by atoms with E-state index in [-0.39, 0.29) is 22.4 Å². The summed E-state index contributed by atoms with van der Waals surface area (Å²) in [6.07, 6.45) is 0. The Morgan fingerprint density at radius 2 is 1.22 bits per heavy atom.